The minimum atomic E-state index is -1.70. The number of esters is 1. The molecule has 8 rings (SSSR count). The molecule has 0 bridgehead atoms. The number of hydrogen-bond donors (Lipinski definition) is 7. The zero-order valence-electron chi connectivity index (χ0n) is 41.4. The summed E-state index contributed by atoms with van der Waals surface area (Å²) in [6.45, 7) is 3.19. The Labute approximate surface area is 426 Å². The Morgan fingerprint density at radius 3 is 2.39 bits per heavy atom. The number of aryl methyl sites for hydroxylation is 1. The SMILES string of the molecule is CC1O[C@@H](OC2[C@H](C)CC(C(=O)NCCCCc3cn(Cn4ccc5cc([N+](=O)[O-])ccc54)nn3)C[C@H]2O[C@@H]2O[C@@H](CO)[C@H](O)C(O[C@@H](CC3CCCCC3)C(=O)O)C2OC(=O)c2ccccc2)[C@@H](O)C(O)[C@@H]1O. The Kier molecular flexibility index (Phi) is 18.4. The molecule has 23 nitrogen and oxygen atoms in total. The highest BCUT2D eigenvalue weighted by molar-refractivity contribution is 5.89. The second-order valence-electron chi connectivity index (χ2n) is 20.1. The summed E-state index contributed by atoms with van der Waals surface area (Å²) in [7, 11) is 0. The van der Waals surface area contributed by atoms with Gasteiger partial charge in [0.25, 0.3) is 5.69 Å². The van der Waals surface area contributed by atoms with Gasteiger partial charge in [0.1, 0.15) is 43.3 Å². The molecule has 7 N–H and O–H groups in total. The summed E-state index contributed by atoms with van der Waals surface area (Å²) in [6, 6.07) is 14.4. The number of non-ortho nitro benzene ring substituents is 1. The Bertz CT molecular complexity index is 2510. The molecule has 15 atom stereocenters. The highest BCUT2D eigenvalue weighted by atomic mass is 16.7. The molecule has 6 unspecified atom stereocenters. The molecular formula is C51H68N6O17. The number of benzene rings is 2. The van der Waals surface area contributed by atoms with Crippen molar-refractivity contribution >= 4 is 34.4 Å². The second-order valence-corrected chi connectivity index (χ2v) is 20.1. The molecule has 23 heteroatoms. The van der Waals surface area contributed by atoms with Gasteiger partial charge >= 0.3 is 11.9 Å². The monoisotopic (exact) mass is 1040 g/mol. The first kappa shape index (κ1) is 54.8. The molecule has 2 aliphatic carbocycles. The minimum absolute atomic E-state index is 0.00730. The fourth-order valence-electron chi connectivity index (χ4n) is 10.7. The zero-order valence-corrected chi connectivity index (χ0v) is 41.4. The van der Waals surface area contributed by atoms with Crippen molar-refractivity contribution in [3.8, 4) is 0 Å². The molecule has 0 spiro atoms. The second kappa shape index (κ2) is 24.9. The van der Waals surface area contributed by atoms with Gasteiger partial charge < -0.3 is 68.9 Å². The van der Waals surface area contributed by atoms with E-state index in [9.17, 15) is 55.1 Å². The van der Waals surface area contributed by atoms with Gasteiger partial charge in [-0.05, 0) is 81.5 Å². The van der Waals surface area contributed by atoms with E-state index < -0.39 is 115 Å². The molecule has 4 fully saturated rings. The quantitative estimate of drug-likeness (QED) is 0.0273. The summed E-state index contributed by atoms with van der Waals surface area (Å²) in [5.74, 6) is -3.64. The van der Waals surface area contributed by atoms with E-state index in [0.717, 1.165) is 48.7 Å². The summed E-state index contributed by atoms with van der Waals surface area (Å²) in [4.78, 5) is 51.5. The summed E-state index contributed by atoms with van der Waals surface area (Å²) in [6.07, 6.45) is -8.45. The number of amides is 1. The molecule has 2 saturated heterocycles. The van der Waals surface area contributed by atoms with Crippen LogP contribution in [0, 0.1) is 27.9 Å². The van der Waals surface area contributed by atoms with Crippen molar-refractivity contribution in [1.82, 2.24) is 24.9 Å². The maximum Gasteiger partial charge on any atom is 0.338 e. The van der Waals surface area contributed by atoms with Crippen LogP contribution in [0.5, 0.6) is 0 Å². The van der Waals surface area contributed by atoms with Crippen LogP contribution in [0.15, 0.2) is 67.0 Å². The number of nitro groups is 1. The molecule has 2 aromatic heterocycles. The first-order chi connectivity index (χ1) is 35.6. The van der Waals surface area contributed by atoms with Crippen molar-refractivity contribution in [2.75, 3.05) is 13.2 Å². The van der Waals surface area contributed by atoms with Gasteiger partial charge in [0.2, 0.25) is 5.91 Å². The predicted octanol–water partition coefficient (Wildman–Crippen LogP) is 2.84. The van der Waals surface area contributed by atoms with E-state index >= 15 is 0 Å². The molecule has 4 aromatic rings. The average Bonchev–Trinajstić information content (AvgIpc) is 4.03. The number of carboxylic acids is 1. The van der Waals surface area contributed by atoms with E-state index in [1.807, 2.05) is 17.0 Å². The molecule has 2 aliphatic heterocycles. The van der Waals surface area contributed by atoms with E-state index in [4.69, 9.17) is 28.4 Å². The first-order valence-electron chi connectivity index (χ1n) is 25.6. The molecule has 2 saturated carbocycles. The lowest BCUT2D eigenvalue weighted by Gasteiger charge is -2.48. The van der Waals surface area contributed by atoms with Crippen LogP contribution in [-0.2, 0) is 51.1 Å². The van der Waals surface area contributed by atoms with Crippen LogP contribution < -0.4 is 5.32 Å². The van der Waals surface area contributed by atoms with E-state index in [1.165, 1.54) is 31.2 Å². The molecule has 4 heterocycles. The number of ether oxygens (including phenoxy) is 6. The Morgan fingerprint density at radius 2 is 1.66 bits per heavy atom. The van der Waals surface area contributed by atoms with Gasteiger partial charge in [-0.3, -0.25) is 14.9 Å². The normalized spacial score (nSPS) is 31.2. The van der Waals surface area contributed by atoms with Crippen molar-refractivity contribution in [3.05, 3.63) is 88.4 Å². The van der Waals surface area contributed by atoms with Crippen molar-refractivity contribution in [2.24, 2.45) is 17.8 Å². The number of aliphatic carboxylic acids is 1. The van der Waals surface area contributed by atoms with Gasteiger partial charge in [-0.2, -0.15) is 0 Å². The number of nitro benzene ring substituents is 1. The molecule has 1 amide bonds. The van der Waals surface area contributed by atoms with E-state index in [-0.39, 0.29) is 42.3 Å². The molecule has 74 heavy (non-hydrogen) atoms. The number of carbonyl (C=O) groups is 3. The van der Waals surface area contributed by atoms with Crippen LogP contribution in [0.1, 0.15) is 94.1 Å². The van der Waals surface area contributed by atoms with Crippen molar-refractivity contribution in [3.63, 3.8) is 0 Å². The maximum atomic E-state index is 14.1. The zero-order chi connectivity index (χ0) is 52.6. The van der Waals surface area contributed by atoms with Crippen LogP contribution in [0.3, 0.4) is 0 Å². The lowest BCUT2D eigenvalue weighted by Crippen LogP contribution is -2.64. The number of carboxylic acid groups (broad SMARTS) is 1. The van der Waals surface area contributed by atoms with Crippen LogP contribution in [0.4, 0.5) is 5.69 Å². The minimum Gasteiger partial charge on any atom is -0.479 e. The van der Waals surface area contributed by atoms with Gasteiger partial charge in [-0.15, -0.1) is 5.10 Å². The number of carbonyl (C=O) groups excluding carboxylic acids is 2. The third-order valence-electron chi connectivity index (χ3n) is 14.8. The number of nitrogens with one attached hydrogen (secondary N) is 1. The number of nitrogens with zero attached hydrogens (tertiary/aromatic N) is 5. The predicted molar refractivity (Wildman–Crippen MR) is 259 cm³/mol. The van der Waals surface area contributed by atoms with Gasteiger partial charge in [0, 0.05) is 36.2 Å². The van der Waals surface area contributed by atoms with Gasteiger partial charge in [0.05, 0.1) is 52.8 Å². The highest BCUT2D eigenvalue weighted by Crippen LogP contribution is 2.39. The van der Waals surface area contributed by atoms with Crippen LogP contribution in [0.2, 0.25) is 0 Å². The Hall–Kier alpha value is -5.47. The fourth-order valence-corrected chi connectivity index (χ4v) is 10.7. The molecular weight excluding hydrogens is 969 g/mol. The van der Waals surface area contributed by atoms with E-state index in [0.29, 0.717) is 32.5 Å². The summed E-state index contributed by atoms with van der Waals surface area (Å²) < 4.78 is 41.0. The number of unbranched alkanes of at least 4 members (excludes halogenated alkanes) is 1. The number of aliphatic hydroxyl groups is 5. The third-order valence-corrected chi connectivity index (χ3v) is 14.8. The van der Waals surface area contributed by atoms with Crippen molar-refractivity contribution in [1.29, 1.82) is 0 Å². The van der Waals surface area contributed by atoms with E-state index in [1.54, 1.807) is 41.9 Å². The number of rotatable bonds is 21. The molecule has 2 aromatic carbocycles. The van der Waals surface area contributed by atoms with Gasteiger partial charge in [-0.25, -0.2) is 14.3 Å². The molecule has 404 valence electrons. The van der Waals surface area contributed by atoms with Crippen molar-refractivity contribution in [2.45, 2.75) is 171 Å². The topological polar surface area (TPSA) is 319 Å². The third kappa shape index (κ3) is 13.1. The standard InChI is InChI=1S/C51H68N6O17/c1-28-21-33(47(63)52-19-10-9-15-34-25-56(54-53-34)27-55-20-18-32-23-35(57(67)68)16-17-36(32)55)24-37(44(28)74-50-43(62)42(61)40(59)29(2)69-50)71-51-46(73-49(66)31-13-7-4-8-14-31)45(41(60)39(26-58)72-51)70-38(48(64)65)22-30-11-5-3-6-12-30/h4,7-8,13-14,16-18,20,23,25,28-30,33,37-46,50-51,58-62H,3,5-6,9-12,15,19,21-22,24,26-27H2,1-2H3,(H,52,63)(H,64,65)/t28-,29?,33?,37-,38+,39+,40-,41+,42?,43+,44?,45?,46?,50+,51-/m1/s1. The first-order valence-corrected chi connectivity index (χ1v) is 25.6. The number of fused-ring (bicyclic) bond motifs is 1. The van der Waals surface area contributed by atoms with Crippen LogP contribution >= 0.6 is 0 Å². The lowest BCUT2D eigenvalue weighted by molar-refractivity contribution is -0.384. The smallest absolute Gasteiger partial charge is 0.338 e. The van der Waals surface area contributed by atoms with Gasteiger partial charge in [0.15, 0.2) is 24.8 Å². The number of hydrogen-bond acceptors (Lipinski definition) is 18. The largest absolute Gasteiger partial charge is 0.479 e. The summed E-state index contributed by atoms with van der Waals surface area (Å²) in [5, 5.41) is 88.4. The lowest BCUT2D eigenvalue weighted by atomic mass is 9.77. The van der Waals surface area contributed by atoms with Crippen LogP contribution in [-0.4, -0.2) is 166 Å². The number of aliphatic hydroxyl groups excluding tert-OH is 5. The number of aromatic nitrogens is 4. The maximum absolute atomic E-state index is 14.1. The highest BCUT2D eigenvalue weighted by Gasteiger charge is 2.54. The van der Waals surface area contributed by atoms with Gasteiger partial charge in [-0.1, -0.05) is 62.4 Å². The van der Waals surface area contributed by atoms with E-state index in [2.05, 4.69) is 15.6 Å². The van der Waals surface area contributed by atoms with Crippen LogP contribution in [0.25, 0.3) is 10.9 Å². The molecule has 4 aliphatic rings. The van der Waals surface area contributed by atoms with Crippen molar-refractivity contribution < 1.29 is 78.4 Å². The Balaban J connectivity index is 0.971. The average molecular weight is 1040 g/mol. The summed E-state index contributed by atoms with van der Waals surface area (Å²) in [5.41, 5.74) is 1.68. The summed E-state index contributed by atoms with van der Waals surface area (Å²) >= 11 is 0. The fraction of sp³-hybridized carbons (Fsp3) is 0.627. The molecule has 0 radical (unpaired) electrons. The Morgan fingerprint density at radius 1 is 0.892 bits per heavy atom.